The summed E-state index contributed by atoms with van der Waals surface area (Å²) in [5.41, 5.74) is 3.65. The van der Waals surface area contributed by atoms with Crippen LogP contribution in [-0.2, 0) is 32.6 Å². The number of anilines is 1. The number of sulfonamides is 1. The van der Waals surface area contributed by atoms with Crippen molar-refractivity contribution in [1.82, 2.24) is 10.2 Å². The first-order chi connectivity index (χ1) is 21.0. The van der Waals surface area contributed by atoms with Crippen LogP contribution in [0.2, 0.25) is 10.0 Å². The van der Waals surface area contributed by atoms with Gasteiger partial charge in [0.2, 0.25) is 11.8 Å². The van der Waals surface area contributed by atoms with E-state index in [-0.39, 0.29) is 23.8 Å². The molecule has 0 saturated heterocycles. The number of hydrogen-bond donors (Lipinski definition) is 1. The second kappa shape index (κ2) is 14.8. The maximum absolute atomic E-state index is 14.4. The third-order valence-corrected chi connectivity index (χ3v) is 9.70. The molecule has 0 aliphatic rings. The SMILES string of the molecule is CCNC(=O)[C@@H](Cc1ccccc1)N(Cc1ccc(Cl)c(Cl)c1)C(=O)CN(c1ccc(C)cc1)S(=O)(=O)c1ccc(C)cc1. The maximum atomic E-state index is 14.4. The summed E-state index contributed by atoms with van der Waals surface area (Å²) in [4.78, 5) is 29.4. The smallest absolute Gasteiger partial charge is 0.264 e. The molecule has 1 atom stereocenters. The van der Waals surface area contributed by atoms with Crippen LogP contribution in [0.15, 0.2) is 102 Å². The highest BCUT2D eigenvalue weighted by molar-refractivity contribution is 7.92. The minimum Gasteiger partial charge on any atom is -0.355 e. The molecule has 0 radical (unpaired) electrons. The largest absolute Gasteiger partial charge is 0.355 e. The molecular weight excluding hydrogens is 617 g/mol. The van der Waals surface area contributed by atoms with Crippen molar-refractivity contribution in [2.75, 3.05) is 17.4 Å². The van der Waals surface area contributed by atoms with Gasteiger partial charge in [0.25, 0.3) is 10.0 Å². The fourth-order valence-electron chi connectivity index (χ4n) is 4.76. The van der Waals surface area contributed by atoms with Gasteiger partial charge in [0.1, 0.15) is 12.6 Å². The van der Waals surface area contributed by atoms with Crippen LogP contribution < -0.4 is 9.62 Å². The molecule has 0 aliphatic carbocycles. The van der Waals surface area contributed by atoms with Crippen molar-refractivity contribution in [3.8, 4) is 0 Å². The molecule has 0 bridgehead atoms. The third kappa shape index (κ3) is 8.20. The van der Waals surface area contributed by atoms with Gasteiger partial charge < -0.3 is 10.2 Å². The van der Waals surface area contributed by atoms with Gasteiger partial charge in [-0.1, -0.05) is 95.0 Å². The van der Waals surface area contributed by atoms with Gasteiger partial charge in [-0.3, -0.25) is 13.9 Å². The van der Waals surface area contributed by atoms with E-state index in [9.17, 15) is 18.0 Å². The lowest BCUT2D eigenvalue weighted by molar-refractivity contribution is -0.140. The lowest BCUT2D eigenvalue weighted by atomic mass is 10.0. The van der Waals surface area contributed by atoms with Crippen LogP contribution in [0.3, 0.4) is 0 Å². The Bertz CT molecular complexity index is 1700. The van der Waals surface area contributed by atoms with Crippen molar-refractivity contribution < 1.29 is 18.0 Å². The average molecular weight is 653 g/mol. The average Bonchev–Trinajstić information content (AvgIpc) is 3.00. The Morgan fingerprint density at radius 1 is 0.795 bits per heavy atom. The Balaban J connectivity index is 1.80. The van der Waals surface area contributed by atoms with Gasteiger partial charge in [0.05, 0.1) is 20.6 Å². The van der Waals surface area contributed by atoms with Gasteiger partial charge in [0.15, 0.2) is 0 Å². The van der Waals surface area contributed by atoms with Gasteiger partial charge in [0, 0.05) is 19.5 Å². The van der Waals surface area contributed by atoms with E-state index >= 15 is 0 Å². The first-order valence-corrected chi connectivity index (χ1v) is 16.4. The van der Waals surface area contributed by atoms with E-state index in [2.05, 4.69) is 5.32 Å². The number of carbonyl (C=O) groups is 2. The Hall–Kier alpha value is -3.85. The summed E-state index contributed by atoms with van der Waals surface area (Å²) in [6.45, 7) is 5.38. The van der Waals surface area contributed by atoms with E-state index in [0.29, 0.717) is 27.8 Å². The molecule has 0 aliphatic heterocycles. The summed E-state index contributed by atoms with van der Waals surface area (Å²) in [5, 5.41) is 3.51. The van der Waals surface area contributed by atoms with E-state index in [4.69, 9.17) is 23.2 Å². The number of nitrogens with one attached hydrogen (secondary N) is 1. The number of likely N-dealkylation sites (N-methyl/N-ethyl adjacent to an activating group) is 1. The van der Waals surface area contributed by atoms with Gasteiger partial charge in [-0.2, -0.15) is 0 Å². The second-order valence-electron chi connectivity index (χ2n) is 10.5. The van der Waals surface area contributed by atoms with Crippen LogP contribution in [-0.4, -0.2) is 44.3 Å². The topological polar surface area (TPSA) is 86.8 Å². The zero-order valence-corrected chi connectivity index (χ0v) is 27.2. The molecule has 0 heterocycles. The Morgan fingerprint density at radius 3 is 2.00 bits per heavy atom. The Kier molecular flexibility index (Phi) is 11.1. The lowest BCUT2D eigenvalue weighted by Crippen LogP contribution is -2.53. The van der Waals surface area contributed by atoms with Crippen molar-refractivity contribution in [1.29, 1.82) is 0 Å². The summed E-state index contributed by atoms with van der Waals surface area (Å²) in [7, 11) is -4.17. The molecule has 0 unspecified atom stereocenters. The van der Waals surface area contributed by atoms with Gasteiger partial charge >= 0.3 is 0 Å². The number of hydrogen-bond acceptors (Lipinski definition) is 4. The maximum Gasteiger partial charge on any atom is 0.264 e. The van der Waals surface area contributed by atoms with Gasteiger partial charge in [-0.25, -0.2) is 8.42 Å². The number of halogens is 2. The highest BCUT2D eigenvalue weighted by Crippen LogP contribution is 2.27. The highest BCUT2D eigenvalue weighted by Gasteiger charge is 2.34. The molecule has 1 N–H and O–H groups in total. The fraction of sp³-hybridized carbons (Fsp3) is 0.235. The first kappa shape index (κ1) is 33.1. The number of rotatable bonds is 12. The zero-order chi connectivity index (χ0) is 31.9. The minimum absolute atomic E-state index is 0.00330. The predicted molar refractivity (Wildman–Crippen MR) is 177 cm³/mol. The quantitative estimate of drug-likeness (QED) is 0.187. The zero-order valence-electron chi connectivity index (χ0n) is 24.8. The van der Waals surface area contributed by atoms with E-state index in [1.54, 1.807) is 61.5 Å². The molecule has 0 aromatic heterocycles. The van der Waals surface area contributed by atoms with E-state index in [1.807, 2.05) is 44.2 Å². The van der Waals surface area contributed by atoms with Crippen molar-refractivity contribution in [3.05, 3.63) is 129 Å². The molecule has 4 aromatic carbocycles. The summed E-state index contributed by atoms with van der Waals surface area (Å²) < 4.78 is 29.2. The van der Waals surface area contributed by atoms with Crippen LogP contribution in [0, 0.1) is 13.8 Å². The normalized spacial score (nSPS) is 11.9. The van der Waals surface area contributed by atoms with Gasteiger partial charge in [-0.05, 0) is 68.3 Å². The Morgan fingerprint density at radius 2 is 1.41 bits per heavy atom. The van der Waals surface area contributed by atoms with Crippen LogP contribution >= 0.6 is 23.2 Å². The second-order valence-corrected chi connectivity index (χ2v) is 13.2. The summed E-state index contributed by atoms with van der Waals surface area (Å²) in [6.07, 6.45) is 0.217. The first-order valence-electron chi connectivity index (χ1n) is 14.2. The molecule has 44 heavy (non-hydrogen) atoms. The molecule has 0 saturated carbocycles. The van der Waals surface area contributed by atoms with E-state index in [0.717, 1.165) is 21.0 Å². The monoisotopic (exact) mass is 651 g/mol. The molecule has 7 nitrogen and oxygen atoms in total. The molecule has 2 amide bonds. The van der Waals surface area contributed by atoms with E-state index < -0.39 is 28.5 Å². The highest BCUT2D eigenvalue weighted by atomic mass is 35.5. The number of carbonyl (C=O) groups excluding carboxylic acids is 2. The lowest BCUT2D eigenvalue weighted by Gasteiger charge is -2.34. The van der Waals surface area contributed by atoms with Crippen molar-refractivity contribution in [3.63, 3.8) is 0 Å². The predicted octanol–water partition coefficient (Wildman–Crippen LogP) is 6.58. The third-order valence-electron chi connectivity index (χ3n) is 7.17. The fourth-order valence-corrected chi connectivity index (χ4v) is 6.49. The minimum atomic E-state index is -4.17. The van der Waals surface area contributed by atoms with Gasteiger partial charge in [-0.15, -0.1) is 0 Å². The van der Waals surface area contributed by atoms with E-state index in [1.165, 1.54) is 17.0 Å². The molecular formula is C34H35Cl2N3O4S. The summed E-state index contributed by atoms with van der Waals surface area (Å²) in [6, 6.07) is 26.8. The molecule has 4 rings (SSSR count). The van der Waals surface area contributed by atoms with Crippen LogP contribution in [0.4, 0.5) is 5.69 Å². The number of nitrogens with zero attached hydrogens (tertiary/aromatic N) is 2. The molecule has 230 valence electrons. The van der Waals surface area contributed by atoms with Crippen LogP contribution in [0.25, 0.3) is 0 Å². The summed E-state index contributed by atoms with van der Waals surface area (Å²) in [5.74, 6) is -0.910. The number of benzene rings is 4. The molecule has 0 fully saturated rings. The van der Waals surface area contributed by atoms with Crippen molar-refractivity contribution >= 4 is 50.7 Å². The molecule has 10 heteroatoms. The molecule has 0 spiro atoms. The number of amides is 2. The summed E-state index contributed by atoms with van der Waals surface area (Å²) >= 11 is 12.5. The molecule has 4 aromatic rings. The Labute approximate surface area is 269 Å². The van der Waals surface area contributed by atoms with Crippen molar-refractivity contribution in [2.24, 2.45) is 0 Å². The van der Waals surface area contributed by atoms with Crippen molar-refractivity contribution in [2.45, 2.75) is 44.7 Å². The number of aryl methyl sites for hydroxylation is 2. The van der Waals surface area contributed by atoms with Crippen LogP contribution in [0.5, 0.6) is 0 Å². The standard InChI is InChI=1S/C34H35Cl2N3O4S/c1-4-37-34(41)32(21-26-8-6-5-7-9-26)38(22-27-14-19-30(35)31(36)20-27)33(40)23-39(28-15-10-24(2)11-16-28)44(42,43)29-17-12-25(3)13-18-29/h5-20,32H,4,21-23H2,1-3H3,(H,37,41)/t32-/m1/s1. The van der Waals surface area contributed by atoms with Crippen LogP contribution in [0.1, 0.15) is 29.2 Å².